The van der Waals surface area contributed by atoms with Crippen molar-refractivity contribution in [3.05, 3.63) is 35.4 Å². The van der Waals surface area contributed by atoms with Gasteiger partial charge in [-0.2, -0.15) is 0 Å². The molecule has 3 N–H and O–H groups in total. The Balaban J connectivity index is 2.54. The van der Waals surface area contributed by atoms with Crippen LogP contribution in [0, 0.1) is 6.92 Å². The van der Waals surface area contributed by atoms with E-state index in [1.165, 1.54) is 22.9 Å². The zero-order chi connectivity index (χ0) is 12.7. The van der Waals surface area contributed by atoms with E-state index in [-0.39, 0.29) is 11.2 Å². The quantitative estimate of drug-likeness (QED) is 0.455. The highest BCUT2D eigenvalue weighted by atomic mass is 32.2. The number of rotatable bonds is 6. The number of thioether (sulfide) groups is 1. The standard InChI is InChI=1S/C12H18N2O2S/c1-9-4-3-5-10(6-9)8-17-11(7-16-2)12(15)14-13/h3-6,11H,7-8,13H2,1-2H3,(H,14,15). The van der Waals surface area contributed by atoms with Crippen LogP contribution in [0.1, 0.15) is 11.1 Å². The predicted octanol–water partition coefficient (Wildman–Crippen LogP) is 1.23. The fraction of sp³-hybridized carbons (Fsp3) is 0.417. The summed E-state index contributed by atoms with van der Waals surface area (Å²) >= 11 is 1.52. The van der Waals surface area contributed by atoms with Gasteiger partial charge in [-0.15, -0.1) is 11.8 Å². The van der Waals surface area contributed by atoms with Crippen molar-refractivity contribution in [1.29, 1.82) is 0 Å². The van der Waals surface area contributed by atoms with Crippen LogP contribution >= 0.6 is 11.8 Å². The van der Waals surface area contributed by atoms with Crippen LogP contribution < -0.4 is 11.3 Å². The van der Waals surface area contributed by atoms with Gasteiger partial charge in [-0.05, 0) is 12.5 Å². The van der Waals surface area contributed by atoms with Gasteiger partial charge in [0.2, 0.25) is 5.91 Å². The molecule has 5 heteroatoms. The molecule has 0 aromatic heterocycles. The Morgan fingerprint density at radius 3 is 2.94 bits per heavy atom. The van der Waals surface area contributed by atoms with Crippen molar-refractivity contribution in [3.63, 3.8) is 0 Å². The molecule has 0 heterocycles. The molecule has 0 bridgehead atoms. The largest absolute Gasteiger partial charge is 0.383 e. The minimum absolute atomic E-state index is 0.204. The molecule has 94 valence electrons. The molecular formula is C12H18N2O2S. The van der Waals surface area contributed by atoms with Gasteiger partial charge in [-0.3, -0.25) is 10.2 Å². The lowest BCUT2D eigenvalue weighted by atomic mass is 10.2. The van der Waals surface area contributed by atoms with E-state index in [1.54, 1.807) is 7.11 Å². The Hall–Kier alpha value is -1.04. The van der Waals surface area contributed by atoms with Crippen molar-refractivity contribution in [2.75, 3.05) is 13.7 Å². The van der Waals surface area contributed by atoms with E-state index >= 15 is 0 Å². The lowest BCUT2D eigenvalue weighted by molar-refractivity contribution is -0.121. The molecule has 1 aromatic carbocycles. The zero-order valence-corrected chi connectivity index (χ0v) is 10.9. The van der Waals surface area contributed by atoms with Crippen molar-refractivity contribution in [2.45, 2.75) is 17.9 Å². The lowest BCUT2D eigenvalue weighted by Crippen LogP contribution is -2.39. The number of hydrogen-bond donors (Lipinski definition) is 2. The van der Waals surface area contributed by atoms with Crippen LogP contribution in [0.25, 0.3) is 0 Å². The summed E-state index contributed by atoms with van der Waals surface area (Å²) in [7, 11) is 1.57. The van der Waals surface area contributed by atoms with Gasteiger partial charge < -0.3 is 4.74 Å². The zero-order valence-electron chi connectivity index (χ0n) is 10.1. The Kier molecular flexibility index (Phi) is 6.04. The van der Waals surface area contributed by atoms with Crippen LogP contribution in [0.2, 0.25) is 0 Å². The van der Waals surface area contributed by atoms with E-state index in [1.807, 2.05) is 25.1 Å². The van der Waals surface area contributed by atoms with Crippen LogP contribution in [0.5, 0.6) is 0 Å². The van der Waals surface area contributed by atoms with Crippen molar-refractivity contribution in [2.24, 2.45) is 5.84 Å². The number of carbonyl (C=O) groups is 1. The fourth-order valence-corrected chi connectivity index (χ4v) is 2.47. The predicted molar refractivity (Wildman–Crippen MR) is 70.5 cm³/mol. The van der Waals surface area contributed by atoms with Gasteiger partial charge >= 0.3 is 0 Å². The Morgan fingerprint density at radius 2 is 2.35 bits per heavy atom. The summed E-state index contributed by atoms with van der Waals surface area (Å²) in [5.41, 5.74) is 4.57. The highest BCUT2D eigenvalue weighted by Gasteiger charge is 2.17. The monoisotopic (exact) mass is 254 g/mol. The minimum Gasteiger partial charge on any atom is -0.383 e. The number of carbonyl (C=O) groups excluding carboxylic acids is 1. The molecule has 0 aliphatic rings. The van der Waals surface area contributed by atoms with Gasteiger partial charge in [0, 0.05) is 12.9 Å². The summed E-state index contributed by atoms with van der Waals surface area (Å²) in [5, 5.41) is -0.273. The summed E-state index contributed by atoms with van der Waals surface area (Å²) in [5.74, 6) is 5.69. The third-order valence-corrected chi connectivity index (χ3v) is 3.54. The Bertz CT molecular complexity index is 371. The second-order valence-electron chi connectivity index (χ2n) is 3.75. The van der Waals surface area contributed by atoms with Gasteiger partial charge in [0.05, 0.1) is 6.61 Å². The van der Waals surface area contributed by atoms with Crippen molar-refractivity contribution >= 4 is 17.7 Å². The first-order chi connectivity index (χ1) is 8.17. The maximum Gasteiger partial charge on any atom is 0.249 e. The number of ether oxygens (including phenoxy) is 1. The highest BCUT2D eigenvalue weighted by molar-refractivity contribution is 7.99. The van der Waals surface area contributed by atoms with E-state index in [4.69, 9.17) is 10.6 Å². The van der Waals surface area contributed by atoms with E-state index < -0.39 is 0 Å². The topological polar surface area (TPSA) is 64.3 Å². The van der Waals surface area contributed by atoms with Crippen LogP contribution in [0.3, 0.4) is 0 Å². The van der Waals surface area contributed by atoms with Crippen LogP contribution in [-0.2, 0) is 15.3 Å². The second kappa shape index (κ2) is 7.32. The van der Waals surface area contributed by atoms with E-state index in [9.17, 15) is 4.79 Å². The third kappa shape index (κ3) is 4.77. The summed E-state index contributed by atoms with van der Waals surface area (Å²) in [6, 6.07) is 8.22. The molecule has 0 saturated heterocycles. The lowest BCUT2D eigenvalue weighted by Gasteiger charge is -2.13. The molecule has 17 heavy (non-hydrogen) atoms. The molecule has 1 atom stereocenters. The van der Waals surface area contributed by atoms with E-state index in [2.05, 4.69) is 11.5 Å². The Labute approximate surface area is 106 Å². The van der Waals surface area contributed by atoms with Gasteiger partial charge in [-0.25, -0.2) is 5.84 Å². The van der Waals surface area contributed by atoms with Gasteiger partial charge in [0.15, 0.2) is 0 Å². The molecule has 1 aromatic rings. The third-order valence-electron chi connectivity index (χ3n) is 2.29. The minimum atomic E-state index is -0.273. The number of methoxy groups -OCH3 is 1. The van der Waals surface area contributed by atoms with Crippen molar-refractivity contribution in [1.82, 2.24) is 5.43 Å². The summed E-state index contributed by atoms with van der Waals surface area (Å²) < 4.78 is 5.00. The molecule has 0 fully saturated rings. The second-order valence-corrected chi connectivity index (χ2v) is 4.94. The fourth-order valence-electron chi connectivity index (χ4n) is 1.44. The SMILES string of the molecule is COCC(SCc1cccc(C)c1)C(=O)NN. The normalized spacial score (nSPS) is 12.2. The average molecular weight is 254 g/mol. The first kappa shape index (κ1) is 14.0. The number of nitrogens with one attached hydrogen (secondary N) is 1. The Morgan fingerprint density at radius 1 is 1.59 bits per heavy atom. The molecule has 0 radical (unpaired) electrons. The maximum atomic E-state index is 11.5. The molecule has 0 spiro atoms. The summed E-state index contributed by atoms with van der Waals surface area (Å²) in [6.07, 6.45) is 0. The first-order valence-corrected chi connectivity index (χ1v) is 6.38. The summed E-state index contributed by atoms with van der Waals surface area (Å²) in [4.78, 5) is 11.5. The number of nitrogens with two attached hydrogens (primary N) is 1. The van der Waals surface area contributed by atoms with Crippen molar-refractivity contribution in [3.8, 4) is 0 Å². The van der Waals surface area contributed by atoms with Crippen molar-refractivity contribution < 1.29 is 9.53 Å². The van der Waals surface area contributed by atoms with Gasteiger partial charge in [-0.1, -0.05) is 29.8 Å². The van der Waals surface area contributed by atoms with Crippen LogP contribution in [-0.4, -0.2) is 24.9 Å². The van der Waals surface area contributed by atoms with Crippen LogP contribution in [0.4, 0.5) is 0 Å². The summed E-state index contributed by atoms with van der Waals surface area (Å²) in [6.45, 7) is 2.41. The van der Waals surface area contributed by atoms with Gasteiger partial charge in [0.25, 0.3) is 0 Å². The molecule has 0 saturated carbocycles. The average Bonchev–Trinajstić information content (AvgIpc) is 2.33. The van der Waals surface area contributed by atoms with E-state index in [0.29, 0.717) is 6.61 Å². The number of hydrogen-bond acceptors (Lipinski definition) is 4. The maximum absolute atomic E-state index is 11.5. The van der Waals surface area contributed by atoms with Crippen LogP contribution in [0.15, 0.2) is 24.3 Å². The molecule has 1 amide bonds. The molecule has 4 nitrogen and oxygen atoms in total. The van der Waals surface area contributed by atoms with E-state index in [0.717, 1.165) is 5.75 Å². The number of hydrazine groups is 1. The molecular weight excluding hydrogens is 236 g/mol. The molecule has 0 aliphatic carbocycles. The highest BCUT2D eigenvalue weighted by Crippen LogP contribution is 2.19. The molecule has 1 unspecified atom stereocenters. The smallest absolute Gasteiger partial charge is 0.249 e. The molecule has 0 aliphatic heterocycles. The molecule has 1 rings (SSSR count). The number of amides is 1. The first-order valence-electron chi connectivity index (χ1n) is 5.34. The van der Waals surface area contributed by atoms with Gasteiger partial charge in [0.1, 0.15) is 5.25 Å². The number of aryl methyl sites for hydroxylation is 1. The number of benzene rings is 1.